The predicted octanol–water partition coefficient (Wildman–Crippen LogP) is -0.261. The summed E-state index contributed by atoms with van der Waals surface area (Å²) in [6.45, 7) is 0. The molecule has 17 heavy (non-hydrogen) atoms. The lowest BCUT2D eigenvalue weighted by Crippen LogP contribution is -2.42. The SMILES string of the molecule is O=c1cc[nH]c(=O)n1[C@H]1CCCC2(CC2O)O1. The van der Waals surface area contributed by atoms with E-state index in [1.165, 1.54) is 12.3 Å². The number of hydrogen-bond acceptors (Lipinski definition) is 4. The van der Waals surface area contributed by atoms with E-state index in [2.05, 4.69) is 4.98 Å². The fourth-order valence-corrected chi connectivity index (χ4v) is 2.52. The van der Waals surface area contributed by atoms with E-state index in [0.29, 0.717) is 12.8 Å². The van der Waals surface area contributed by atoms with Crippen LogP contribution in [0.5, 0.6) is 0 Å². The minimum Gasteiger partial charge on any atom is -0.390 e. The van der Waals surface area contributed by atoms with Crippen molar-refractivity contribution >= 4 is 0 Å². The Morgan fingerprint density at radius 2 is 2.29 bits per heavy atom. The van der Waals surface area contributed by atoms with Crippen molar-refractivity contribution in [3.05, 3.63) is 33.1 Å². The van der Waals surface area contributed by atoms with Crippen LogP contribution in [0.1, 0.15) is 31.9 Å². The Kier molecular flexibility index (Phi) is 2.24. The molecule has 1 aliphatic carbocycles. The van der Waals surface area contributed by atoms with Crippen molar-refractivity contribution in [3.63, 3.8) is 0 Å². The third kappa shape index (κ3) is 1.64. The molecule has 3 atom stereocenters. The summed E-state index contributed by atoms with van der Waals surface area (Å²) in [6.07, 6.45) is 3.19. The largest absolute Gasteiger partial charge is 0.390 e. The van der Waals surface area contributed by atoms with Crippen molar-refractivity contribution in [2.24, 2.45) is 0 Å². The maximum atomic E-state index is 11.7. The molecule has 92 valence electrons. The number of aliphatic hydroxyl groups excluding tert-OH is 1. The molecule has 0 amide bonds. The summed E-state index contributed by atoms with van der Waals surface area (Å²) in [7, 11) is 0. The topological polar surface area (TPSA) is 84.3 Å². The Balaban J connectivity index is 1.94. The van der Waals surface area contributed by atoms with Gasteiger partial charge in [0.25, 0.3) is 5.56 Å². The van der Waals surface area contributed by atoms with Gasteiger partial charge in [0.2, 0.25) is 0 Å². The van der Waals surface area contributed by atoms with Crippen molar-refractivity contribution < 1.29 is 9.84 Å². The molecule has 2 fully saturated rings. The average Bonchev–Trinajstić information content (AvgIpc) is 2.87. The van der Waals surface area contributed by atoms with Crippen molar-refractivity contribution in [1.29, 1.82) is 0 Å². The fraction of sp³-hybridized carbons (Fsp3) is 0.636. The zero-order valence-electron chi connectivity index (χ0n) is 9.26. The summed E-state index contributed by atoms with van der Waals surface area (Å²) >= 11 is 0. The molecule has 0 aromatic carbocycles. The predicted molar refractivity (Wildman–Crippen MR) is 58.7 cm³/mol. The van der Waals surface area contributed by atoms with Crippen LogP contribution in [0.3, 0.4) is 0 Å². The first-order chi connectivity index (χ1) is 8.12. The number of aromatic amines is 1. The van der Waals surface area contributed by atoms with E-state index in [9.17, 15) is 14.7 Å². The number of ether oxygens (including phenoxy) is 1. The molecule has 3 rings (SSSR count). The van der Waals surface area contributed by atoms with Gasteiger partial charge in [-0.25, -0.2) is 9.36 Å². The second-order valence-corrected chi connectivity index (χ2v) is 4.74. The molecule has 2 heterocycles. The molecule has 0 bridgehead atoms. The average molecular weight is 238 g/mol. The molecule has 1 aromatic rings. The highest BCUT2D eigenvalue weighted by Crippen LogP contribution is 2.50. The zero-order chi connectivity index (χ0) is 12.0. The van der Waals surface area contributed by atoms with Crippen LogP contribution in [0, 0.1) is 0 Å². The van der Waals surface area contributed by atoms with Crippen molar-refractivity contribution in [3.8, 4) is 0 Å². The molecule has 2 unspecified atom stereocenters. The van der Waals surface area contributed by atoms with Crippen molar-refractivity contribution in [2.75, 3.05) is 0 Å². The van der Waals surface area contributed by atoms with Crippen LogP contribution >= 0.6 is 0 Å². The number of aromatic nitrogens is 2. The molecule has 1 saturated carbocycles. The number of aliphatic hydroxyl groups is 1. The second kappa shape index (κ2) is 3.54. The first kappa shape index (κ1) is 10.7. The van der Waals surface area contributed by atoms with Crippen LogP contribution in [0.15, 0.2) is 21.9 Å². The van der Waals surface area contributed by atoms with Crippen LogP contribution in [0.4, 0.5) is 0 Å². The molecule has 1 aliphatic heterocycles. The highest BCUT2D eigenvalue weighted by atomic mass is 16.6. The van der Waals surface area contributed by atoms with Gasteiger partial charge in [-0.3, -0.25) is 4.79 Å². The van der Waals surface area contributed by atoms with Gasteiger partial charge in [-0.1, -0.05) is 0 Å². The van der Waals surface area contributed by atoms with Crippen molar-refractivity contribution in [1.82, 2.24) is 9.55 Å². The molecule has 6 heteroatoms. The fourth-order valence-electron chi connectivity index (χ4n) is 2.52. The van der Waals surface area contributed by atoms with Gasteiger partial charge in [-0.15, -0.1) is 0 Å². The second-order valence-electron chi connectivity index (χ2n) is 4.74. The normalized spacial score (nSPS) is 36.1. The quantitative estimate of drug-likeness (QED) is 0.706. The van der Waals surface area contributed by atoms with E-state index in [1.54, 1.807) is 0 Å². The van der Waals surface area contributed by atoms with Gasteiger partial charge in [0.15, 0.2) is 0 Å². The molecule has 1 aromatic heterocycles. The highest BCUT2D eigenvalue weighted by Gasteiger charge is 2.57. The van der Waals surface area contributed by atoms with E-state index in [0.717, 1.165) is 17.4 Å². The van der Waals surface area contributed by atoms with Gasteiger partial charge >= 0.3 is 5.69 Å². The Morgan fingerprint density at radius 1 is 1.53 bits per heavy atom. The van der Waals surface area contributed by atoms with Crippen LogP contribution in [-0.2, 0) is 4.74 Å². The van der Waals surface area contributed by atoms with Crippen LogP contribution in [0.2, 0.25) is 0 Å². The van der Waals surface area contributed by atoms with Gasteiger partial charge < -0.3 is 14.8 Å². The minimum absolute atomic E-state index is 0.370. The summed E-state index contributed by atoms with van der Waals surface area (Å²) in [5, 5.41) is 9.55. The Bertz CT molecular complexity index is 521. The van der Waals surface area contributed by atoms with E-state index in [-0.39, 0.29) is 5.56 Å². The first-order valence-corrected chi connectivity index (χ1v) is 5.78. The zero-order valence-corrected chi connectivity index (χ0v) is 9.26. The van der Waals surface area contributed by atoms with Gasteiger partial charge in [-0.2, -0.15) is 0 Å². The molecular formula is C11H14N2O4. The standard InChI is InChI=1S/C11H14N2O4/c14-7-6-11(7)4-1-2-9(17-11)13-8(15)3-5-12-10(13)16/h3,5,7,9,14H,1-2,4,6H2,(H,12,16)/t7?,9-,11?/m1/s1. The third-order valence-electron chi connectivity index (χ3n) is 3.58. The number of hydrogen-bond donors (Lipinski definition) is 2. The minimum atomic E-state index is -0.557. The molecule has 1 spiro atoms. The van der Waals surface area contributed by atoms with E-state index in [4.69, 9.17) is 4.74 Å². The maximum Gasteiger partial charge on any atom is 0.330 e. The van der Waals surface area contributed by atoms with Gasteiger partial charge in [0.05, 0.1) is 11.7 Å². The van der Waals surface area contributed by atoms with Gasteiger partial charge in [0.1, 0.15) is 6.23 Å². The molecule has 2 N–H and O–H groups in total. The number of H-pyrrole nitrogens is 1. The highest BCUT2D eigenvalue weighted by molar-refractivity contribution is 5.07. The van der Waals surface area contributed by atoms with Crippen LogP contribution in [0.25, 0.3) is 0 Å². The molecule has 0 radical (unpaired) electrons. The Hall–Kier alpha value is -1.40. The summed E-state index contributed by atoms with van der Waals surface area (Å²) in [5.74, 6) is 0. The molecule has 2 aliphatic rings. The van der Waals surface area contributed by atoms with E-state index in [1.807, 2.05) is 0 Å². The lowest BCUT2D eigenvalue weighted by Gasteiger charge is -2.30. The smallest absolute Gasteiger partial charge is 0.330 e. The molecule has 1 saturated heterocycles. The number of nitrogens with one attached hydrogen (secondary N) is 1. The van der Waals surface area contributed by atoms with Crippen molar-refractivity contribution in [2.45, 2.75) is 43.6 Å². The summed E-state index contributed by atoms with van der Waals surface area (Å²) in [6, 6.07) is 1.30. The summed E-state index contributed by atoms with van der Waals surface area (Å²) < 4.78 is 6.83. The Morgan fingerprint density at radius 3 is 2.94 bits per heavy atom. The lowest BCUT2D eigenvalue weighted by atomic mass is 10.1. The monoisotopic (exact) mass is 238 g/mol. The lowest BCUT2D eigenvalue weighted by molar-refractivity contribution is -0.124. The van der Waals surface area contributed by atoms with Gasteiger partial charge in [0, 0.05) is 18.7 Å². The Labute approximate surface area is 96.9 Å². The summed E-state index contributed by atoms with van der Waals surface area (Å²) in [4.78, 5) is 25.7. The molecule has 6 nitrogen and oxygen atoms in total. The maximum absolute atomic E-state index is 11.7. The summed E-state index contributed by atoms with van der Waals surface area (Å²) in [5.41, 5.74) is -1.34. The number of nitrogens with zero attached hydrogens (tertiary/aromatic N) is 1. The third-order valence-corrected chi connectivity index (χ3v) is 3.58. The first-order valence-electron chi connectivity index (χ1n) is 5.78. The van der Waals surface area contributed by atoms with Crippen LogP contribution < -0.4 is 11.2 Å². The van der Waals surface area contributed by atoms with E-state index < -0.39 is 23.6 Å². The van der Waals surface area contributed by atoms with Gasteiger partial charge in [-0.05, 0) is 19.3 Å². The molecular weight excluding hydrogens is 224 g/mol. The van der Waals surface area contributed by atoms with Crippen LogP contribution in [-0.4, -0.2) is 26.4 Å². The van der Waals surface area contributed by atoms with E-state index >= 15 is 0 Å². The number of rotatable bonds is 1.